The van der Waals surface area contributed by atoms with Crippen molar-refractivity contribution in [3.63, 3.8) is 0 Å². The SMILES string of the molecule is Cc1ccc(-c2c(-c3ccnn3C)nn(-c3ccccc3)c2NC(=O)O)cc1. The second-order valence-electron chi connectivity index (χ2n) is 6.46. The molecule has 1 amide bonds. The average Bonchev–Trinajstić information content (AvgIpc) is 3.26. The Bertz CT molecular complexity index is 1130. The fourth-order valence-corrected chi connectivity index (χ4v) is 3.17. The first-order chi connectivity index (χ1) is 13.5. The number of anilines is 1. The zero-order valence-corrected chi connectivity index (χ0v) is 15.5. The smallest absolute Gasteiger partial charge is 0.410 e. The lowest BCUT2D eigenvalue weighted by molar-refractivity contribution is 0.209. The molecule has 0 saturated heterocycles. The fraction of sp³-hybridized carbons (Fsp3) is 0.0952. The second-order valence-corrected chi connectivity index (χ2v) is 6.46. The summed E-state index contributed by atoms with van der Waals surface area (Å²) in [6, 6.07) is 19.2. The van der Waals surface area contributed by atoms with E-state index in [-0.39, 0.29) is 0 Å². The van der Waals surface area contributed by atoms with Gasteiger partial charge in [0.25, 0.3) is 0 Å². The van der Waals surface area contributed by atoms with Gasteiger partial charge in [-0.15, -0.1) is 0 Å². The van der Waals surface area contributed by atoms with E-state index in [1.807, 2.05) is 74.6 Å². The number of carboxylic acid groups (broad SMARTS) is 1. The van der Waals surface area contributed by atoms with Crippen molar-refractivity contribution in [1.29, 1.82) is 0 Å². The molecule has 140 valence electrons. The molecule has 7 heteroatoms. The summed E-state index contributed by atoms with van der Waals surface area (Å²) in [4.78, 5) is 11.6. The molecule has 0 bridgehead atoms. The van der Waals surface area contributed by atoms with Gasteiger partial charge in [0.2, 0.25) is 0 Å². The van der Waals surface area contributed by atoms with Crippen LogP contribution in [0.4, 0.5) is 10.6 Å². The van der Waals surface area contributed by atoms with Crippen molar-refractivity contribution in [3.05, 3.63) is 72.4 Å². The summed E-state index contributed by atoms with van der Waals surface area (Å²) >= 11 is 0. The first-order valence-electron chi connectivity index (χ1n) is 8.78. The minimum absolute atomic E-state index is 0.388. The highest BCUT2D eigenvalue weighted by Gasteiger charge is 2.24. The Morgan fingerprint density at radius 2 is 1.75 bits per heavy atom. The standard InChI is InChI=1S/C21H19N5O2/c1-14-8-10-15(11-9-14)18-19(17-12-13-22-25(17)2)24-26(20(18)23-21(27)28)16-6-4-3-5-7-16/h3-13,23H,1-2H3,(H,27,28). The van der Waals surface area contributed by atoms with Crippen LogP contribution < -0.4 is 5.32 Å². The van der Waals surface area contributed by atoms with Gasteiger partial charge >= 0.3 is 6.09 Å². The molecule has 0 atom stereocenters. The van der Waals surface area contributed by atoms with Crippen molar-refractivity contribution in [2.75, 3.05) is 5.32 Å². The Morgan fingerprint density at radius 3 is 2.36 bits per heavy atom. The van der Waals surface area contributed by atoms with Crippen molar-refractivity contribution in [2.24, 2.45) is 7.05 Å². The van der Waals surface area contributed by atoms with Crippen LogP contribution >= 0.6 is 0 Å². The minimum atomic E-state index is -1.15. The van der Waals surface area contributed by atoms with Crippen LogP contribution in [0.5, 0.6) is 0 Å². The van der Waals surface area contributed by atoms with Gasteiger partial charge in [-0.2, -0.15) is 10.2 Å². The molecule has 0 radical (unpaired) electrons. The molecule has 2 N–H and O–H groups in total. The third-order valence-electron chi connectivity index (χ3n) is 4.52. The molecule has 0 aliphatic carbocycles. The highest BCUT2D eigenvalue weighted by Crippen LogP contribution is 2.39. The quantitative estimate of drug-likeness (QED) is 0.557. The van der Waals surface area contributed by atoms with E-state index in [9.17, 15) is 9.90 Å². The number of benzene rings is 2. The number of nitrogens with one attached hydrogen (secondary N) is 1. The lowest BCUT2D eigenvalue weighted by atomic mass is 10.0. The molecule has 2 aromatic carbocycles. The Morgan fingerprint density at radius 1 is 1.04 bits per heavy atom. The highest BCUT2D eigenvalue weighted by molar-refractivity contribution is 5.95. The third kappa shape index (κ3) is 3.14. The van der Waals surface area contributed by atoms with E-state index < -0.39 is 6.09 Å². The topological polar surface area (TPSA) is 85.0 Å². The number of para-hydroxylation sites is 1. The van der Waals surface area contributed by atoms with E-state index in [0.717, 1.165) is 22.5 Å². The molecule has 0 fully saturated rings. The van der Waals surface area contributed by atoms with Crippen LogP contribution in [-0.2, 0) is 7.05 Å². The van der Waals surface area contributed by atoms with E-state index >= 15 is 0 Å². The van der Waals surface area contributed by atoms with Crippen LogP contribution in [0.15, 0.2) is 66.9 Å². The van der Waals surface area contributed by atoms with Gasteiger partial charge < -0.3 is 5.11 Å². The number of amides is 1. The largest absolute Gasteiger partial charge is 0.465 e. The molecule has 4 rings (SSSR count). The van der Waals surface area contributed by atoms with Crippen LogP contribution in [0, 0.1) is 6.92 Å². The molecule has 0 aliphatic rings. The average molecular weight is 373 g/mol. The molecular weight excluding hydrogens is 354 g/mol. The van der Waals surface area contributed by atoms with Crippen LogP contribution in [-0.4, -0.2) is 30.8 Å². The molecule has 28 heavy (non-hydrogen) atoms. The van der Waals surface area contributed by atoms with Crippen molar-refractivity contribution in [2.45, 2.75) is 6.92 Å². The summed E-state index contributed by atoms with van der Waals surface area (Å²) in [7, 11) is 1.83. The number of hydrogen-bond acceptors (Lipinski definition) is 3. The van der Waals surface area contributed by atoms with Crippen LogP contribution in [0.3, 0.4) is 0 Å². The summed E-state index contributed by atoms with van der Waals surface area (Å²) in [5.74, 6) is 0.388. The maximum Gasteiger partial charge on any atom is 0.410 e. The van der Waals surface area contributed by atoms with E-state index in [1.165, 1.54) is 0 Å². The summed E-state index contributed by atoms with van der Waals surface area (Å²) < 4.78 is 3.34. The van der Waals surface area contributed by atoms with Gasteiger partial charge in [-0.05, 0) is 30.7 Å². The number of rotatable bonds is 4. The van der Waals surface area contributed by atoms with Gasteiger partial charge in [-0.3, -0.25) is 10.00 Å². The van der Waals surface area contributed by atoms with Gasteiger partial charge in [0, 0.05) is 13.2 Å². The number of nitrogens with zero attached hydrogens (tertiary/aromatic N) is 4. The number of aromatic nitrogens is 4. The maximum atomic E-state index is 11.6. The van der Waals surface area contributed by atoms with Gasteiger partial charge in [0.05, 0.1) is 16.9 Å². The molecule has 4 aromatic rings. The van der Waals surface area contributed by atoms with E-state index in [1.54, 1.807) is 15.6 Å². The van der Waals surface area contributed by atoms with E-state index in [2.05, 4.69) is 10.4 Å². The zero-order chi connectivity index (χ0) is 19.7. The molecule has 0 aliphatic heterocycles. The van der Waals surface area contributed by atoms with Crippen LogP contribution in [0.2, 0.25) is 0 Å². The zero-order valence-electron chi connectivity index (χ0n) is 15.5. The summed E-state index contributed by atoms with van der Waals surface area (Å²) in [5, 5.41) is 21.0. The molecule has 0 unspecified atom stereocenters. The minimum Gasteiger partial charge on any atom is -0.465 e. The molecule has 0 saturated carbocycles. The van der Waals surface area contributed by atoms with Crippen molar-refractivity contribution in [1.82, 2.24) is 19.6 Å². The van der Waals surface area contributed by atoms with Gasteiger partial charge in [0.1, 0.15) is 11.5 Å². The fourth-order valence-electron chi connectivity index (χ4n) is 3.17. The van der Waals surface area contributed by atoms with Gasteiger partial charge in [-0.25, -0.2) is 9.48 Å². The Kier molecular flexibility index (Phi) is 4.41. The summed E-state index contributed by atoms with van der Waals surface area (Å²) in [6.45, 7) is 2.01. The van der Waals surface area contributed by atoms with Crippen LogP contribution in [0.25, 0.3) is 28.2 Å². The maximum absolute atomic E-state index is 11.6. The van der Waals surface area contributed by atoms with E-state index in [0.29, 0.717) is 17.1 Å². The molecular formula is C21H19N5O2. The monoisotopic (exact) mass is 373 g/mol. The molecule has 0 spiro atoms. The first kappa shape index (κ1) is 17.5. The third-order valence-corrected chi connectivity index (χ3v) is 4.52. The first-order valence-corrected chi connectivity index (χ1v) is 8.78. The van der Waals surface area contributed by atoms with Gasteiger partial charge in [0.15, 0.2) is 0 Å². The van der Waals surface area contributed by atoms with Crippen LogP contribution in [0.1, 0.15) is 5.56 Å². The van der Waals surface area contributed by atoms with Crippen molar-refractivity contribution >= 4 is 11.9 Å². The van der Waals surface area contributed by atoms with Crippen molar-refractivity contribution in [3.8, 4) is 28.2 Å². The normalized spacial score (nSPS) is 10.8. The summed E-state index contributed by atoms with van der Waals surface area (Å²) in [5.41, 5.74) is 4.89. The Balaban J connectivity index is 2.05. The predicted octanol–water partition coefficient (Wildman–Crippen LogP) is 4.34. The van der Waals surface area contributed by atoms with Gasteiger partial charge in [-0.1, -0.05) is 48.0 Å². The number of carbonyl (C=O) groups is 1. The second kappa shape index (κ2) is 7.03. The lowest BCUT2D eigenvalue weighted by Gasteiger charge is -2.10. The van der Waals surface area contributed by atoms with Crippen molar-refractivity contribution < 1.29 is 9.90 Å². The molecule has 2 aromatic heterocycles. The number of hydrogen-bond donors (Lipinski definition) is 2. The Hall–Kier alpha value is -3.87. The van der Waals surface area contributed by atoms with E-state index in [4.69, 9.17) is 5.10 Å². The molecule has 2 heterocycles. The molecule has 7 nitrogen and oxygen atoms in total. The lowest BCUT2D eigenvalue weighted by Crippen LogP contribution is -2.12. The predicted molar refractivity (Wildman–Crippen MR) is 108 cm³/mol. The number of aryl methyl sites for hydroxylation is 2. The highest BCUT2D eigenvalue weighted by atomic mass is 16.4. The summed E-state index contributed by atoms with van der Waals surface area (Å²) in [6.07, 6.45) is 0.544. The Labute approximate surface area is 161 Å².